The normalized spacial score (nSPS) is 12.2. The van der Waals surface area contributed by atoms with E-state index in [1.54, 1.807) is 41.1 Å². The Morgan fingerprint density at radius 2 is 1.78 bits per heavy atom. The second kappa shape index (κ2) is 7.16. The van der Waals surface area contributed by atoms with Crippen molar-refractivity contribution in [3.63, 3.8) is 0 Å². The van der Waals surface area contributed by atoms with Gasteiger partial charge < -0.3 is 9.52 Å². The Morgan fingerprint density at radius 3 is 2.52 bits per heavy atom. The van der Waals surface area contributed by atoms with Crippen LogP contribution in [0.25, 0.3) is 17.1 Å². The van der Waals surface area contributed by atoms with E-state index < -0.39 is 0 Å². The van der Waals surface area contributed by atoms with Crippen LogP contribution in [0.1, 0.15) is 18.1 Å². The largest absolute Gasteiger partial charge is 0.508 e. The highest BCUT2D eigenvalue weighted by atomic mass is 32.2. The Kier molecular flexibility index (Phi) is 4.55. The van der Waals surface area contributed by atoms with Gasteiger partial charge in [-0.3, -0.25) is 0 Å². The zero-order valence-electron chi connectivity index (χ0n) is 14.0. The van der Waals surface area contributed by atoms with Crippen LogP contribution in [-0.2, 0) is 0 Å². The van der Waals surface area contributed by atoms with Crippen LogP contribution in [0.15, 0.2) is 58.1 Å². The van der Waals surface area contributed by atoms with Gasteiger partial charge in [-0.25, -0.2) is 4.39 Å². The second-order valence-corrected chi connectivity index (χ2v) is 6.91. The van der Waals surface area contributed by atoms with Crippen LogP contribution >= 0.6 is 11.8 Å². The van der Waals surface area contributed by atoms with Gasteiger partial charge in [0.2, 0.25) is 16.9 Å². The molecule has 0 amide bonds. The van der Waals surface area contributed by atoms with Crippen LogP contribution in [0.4, 0.5) is 4.39 Å². The summed E-state index contributed by atoms with van der Waals surface area (Å²) in [7, 11) is 0. The van der Waals surface area contributed by atoms with Gasteiger partial charge in [-0.15, -0.1) is 15.3 Å². The lowest BCUT2D eigenvalue weighted by molar-refractivity contribution is 0.475. The van der Waals surface area contributed by atoms with Crippen LogP contribution in [0.5, 0.6) is 5.75 Å². The molecule has 2 aromatic heterocycles. The topological polar surface area (TPSA) is 103 Å². The molecule has 0 aliphatic rings. The van der Waals surface area contributed by atoms with Crippen molar-refractivity contribution in [2.75, 3.05) is 0 Å². The number of phenolic OH excluding ortho intramolecular Hbond substituents is 1. The molecular weight excluding hydrogens is 371 g/mol. The van der Waals surface area contributed by atoms with Gasteiger partial charge in [-0.2, -0.15) is 4.68 Å². The number of thioether (sulfide) groups is 1. The average molecular weight is 384 g/mol. The molecular formula is C17H13FN6O2S. The van der Waals surface area contributed by atoms with E-state index in [0.29, 0.717) is 28.2 Å². The van der Waals surface area contributed by atoms with Crippen LogP contribution < -0.4 is 0 Å². The summed E-state index contributed by atoms with van der Waals surface area (Å²) in [5.41, 5.74) is 1.35. The summed E-state index contributed by atoms with van der Waals surface area (Å²) in [6.07, 6.45) is 0. The number of aromatic nitrogens is 6. The van der Waals surface area contributed by atoms with Crippen molar-refractivity contribution in [3.8, 4) is 22.9 Å². The molecule has 0 bridgehead atoms. The summed E-state index contributed by atoms with van der Waals surface area (Å²) >= 11 is 1.35. The van der Waals surface area contributed by atoms with Gasteiger partial charge >= 0.3 is 0 Å². The first-order chi connectivity index (χ1) is 13.1. The lowest BCUT2D eigenvalue weighted by Gasteiger charge is -2.07. The monoisotopic (exact) mass is 384 g/mol. The Bertz CT molecular complexity index is 1050. The minimum Gasteiger partial charge on any atom is -0.508 e. The number of aromatic hydroxyl groups is 1. The van der Waals surface area contributed by atoms with Crippen LogP contribution in [0, 0.1) is 5.82 Å². The third-order valence-electron chi connectivity index (χ3n) is 3.70. The van der Waals surface area contributed by atoms with E-state index in [-0.39, 0.29) is 16.8 Å². The molecule has 27 heavy (non-hydrogen) atoms. The first-order valence-electron chi connectivity index (χ1n) is 7.94. The van der Waals surface area contributed by atoms with Crippen molar-refractivity contribution >= 4 is 11.8 Å². The number of hydrogen-bond acceptors (Lipinski definition) is 8. The standard InChI is InChI=1S/C17H13FN6O2S/c1-10(15-19-20-16(26-15)11-2-4-12(18)5-3-11)27-17-21-22-23-24(17)13-6-8-14(25)9-7-13/h2-10,25H,1H3/t10-/m1/s1. The highest BCUT2D eigenvalue weighted by Crippen LogP contribution is 2.34. The van der Waals surface area contributed by atoms with Crippen molar-refractivity contribution < 1.29 is 13.9 Å². The smallest absolute Gasteiger partial charge is 0.247 e. The lowest BCUT2D eigenvalue weighted by Crippen LogP contribution is -2.00. The summed E-state index contributed by atoms with van der Waals surface area (Å²) in [4.78, 5) is 0. The fourth-order valence-electron chi connectivity index (χ4n) is 2.32. The SMILES string of the molecule is C[C@@H](Sc1nnnn1-c1ccc(O)cc1)c1nnc(-c2ccc(F)cc2)o1. The highest BCUT2D eigenvalue weighted by Gasteiger charge is 2.20. The van der Waals surface area contributed by atoms with E-state index in [2.05, 4.69) is 25.7 Å². The lowest BCUT2D eigenvalue weighted by atomic mass is 10.2. The molecule has 0 aliphatic carbocycles. The van der Waals surface area contributed by atoms with Crippen molar-refractivity contribution in [1.29, 1.82) is 0 Å². The molecule has 10 heteroatoms. The van der Waals surface area contributed by atoms with Gasteiger partial charge in [0.05, 0.1) is 10.9 Å². The molecule has 2 aromatic carbocycles. The third kappa shape index (κ3) is 3.65. The third-order valence-corrected chi connectivity index (χ3v) is 4.72. The van der Waals surface area contributed by atoms with Gasteiger partial charge in [0.1, 0.15) is 11.6 Å². The first kappa shape index (κ1) is 17.2. The molecule has 0 unspecified atom stereocenters. The van der Waals surface area contributed by atoms with Crippen LogP contribution in [0.2, 0.25) is 0 Å². The maximum absolute atomic E-state index is 13.0. The quantitative estimate of drug-likeness (QED) is 0.522. The predicted molar refractivity (Wildman–Crippen MR) is 94.8 cm³/mol. The molecule has 1 N–H and O–H groups in total. The van der Waals surface area contributed by atoms with Gasteiger partial charge in [0, 0.05) is 5.56 Å². The summed E-state index contributed by atoms with van der Waals surface area (Å²) in [5.74, 6) is 0.548. The molecule has 4 rings (SSSR count). The molecule has 1 atom stereocenters. The number of rotatable bonds is 5. The number of nitrogens with zero attached hydrogens (tertiary/aromatic N) is 6. The van der Waals surface area contributed by atoms with E-state index in [0.717, 1.165) is 0 Å². The minimum atomic E-state index is -0.330. The first-order valence-corrected chi connectivity index (χ1v) is 8.82. The van der Waals surface area contributed by atoms with Crippen molar-refractivity contribution in [2.45, 2.75) is 17.3 Å². The van der Waals surface area contributed by atoms with Gasteiger partial charge in [0.25, 0.3) is 0 Å². The Hall–Kier alpha value is -3.27. The molecule has 0 fully saturated rings. The van der Waals surface area contributed by atoms with Crippen molar-refractivity contribution in [3.05, 3.63) is 60.2 Å². The number of hydrogen-bond donors (Lipinski definition) is 1. The Balaban J connectivity index is 1.54. The predicted octanol–water partition coefficient (Wildman–Crippen LogP) is 3.41. The van der Waals surface area contributed by atoms with Crippen molar-refractivity contribution in [1.82, 2.24) is 30.4 Å². The summed E-state index contributed by atoms with van der Waals surface area (Å²) in [6, 6.07) is 12.4. The summed E-state index contributed by atoms with van der Waals surface area (Å²) in [5, 5.41) is 29.5. The molecule has 0 spiro atoms. The zero-order chi connectivity index (χ0) is 18.8. The van der Waals surface area contributed by atoms with E-state index in [1.165, 1.54) is 23.9 Å². The number of benzene rings is 2. The summed E-state index contributed by atoms with van der Waals surface area (Å²) < 4.78 is 20.3. The Labute approximate surface area is 157 Å². The number of phenols is 1. The van der Waals surface area contributed by atoms with Gasteiger partial charge in [-0.05, 0) is 65.9 Å². The molecule has 136 valence electrons. The molecule has 0 saturated carbocycles. The van der Waals surface area contributed by atoms with E-state index >= 15 is 0 Å². The maximum atomic E-state index is 13.0. The van der Waals surface area contributed by atoms with Gasteiger partial charge in [-0.1, -0.05) is 11.8 Å². The molecule has 8 nitrogen and oxygen atoms in total. The van der Waals surface area contributed by atoms with E-state index in [4.69, 9.17) is 4.42 Å². The average Bonchev–Trinajstić information content (AvgIpc) is 3.33. The van der Waals surface area contributed by atoms with Crippen LogP contribution in [-0.4, -0.2) is 35.5 Å². The minimum absolute atomic E-state index is 0.161. The van der Waals surface area contributed by atoms with Crippen molar-refractivity contribution in [2.24, 2.45) is 0 Å². The maximum Gasteiger partial charge on any atom is 0.247 e. The zero-order valence-corrected chi connectivity index (χ0v) is 14.8. The molecule has 0 saturated heterocycles. The highest BCUT2D eigenvalue weighted by molar-refractivity contribution is 7.99. The summed E-state index contributed by atoms with van der Waals surface area (Å²) in [6.45, 7) is 1.89. The second-order valence-electron chi connectivity index (χ2n) is 5.60. The van der Waals surface area contributed by atoms with E-state index in [9.17, 15) is 9.50 Å². The van der Waals surface area contributed by atoms with E-state index in [1.807, 2.05) is 6.92 Å². The van der Waals surface area contributed by atoms with Crippen LogP contribution in [0.3, 0.4) is 0 Å². The van der Waals surface area contributed by atoms with Gasteiger partial charge in [0.15, 0.2) is 0 Å². The number of halogens is 1. The molecule has 0 radical (unpaired) electrons. The number of tetrazole rings is 1. The fourth-order valence-corrected chi connectivity index (χ4v) is 3.16. The molecule has 4 aromatic rings. The fraction of sp³-hybridized carbons (Fsp3) is 0.118. The molecule has 2 heterocycles. The Morgan fingerprint density at radius 1 is 1.04 bits per heavy atom. The molecule has 0 aliphatic heterocycles.